The molecule has 0 saturated heterocycles. The maximum Gasteiger partial charge on any atom is 0.255 e. The second kappa shape index (κ2) is 8.18. The number of hydrogen-bond donors (Lipinski definition) is 1. The SMILES string of the molecule is COc1cc(CN2CCc3nc(-c4cncnc4)[nH]c(=O)c3C2)cc(Cl)c1OC. The molecule has 0 aliphatic carbocycles. The molecule has 0 radical (unpaired) electrons. The van der Waals surface area contributed by atoms with Gasteiger partial charge in [0, 0.05) is 38.4 Å². The van der Waals surface area contributed by atoms with Gasteiger partial charge in [-0.3, -0.25) is 9.69 Å². The van der Waals surface area contributed by atoms with Gasteiger partial charge in [-0.1, -0.05) is 11.6 Å². The molecule has 0 unspecified atom stereocenters. The smallest absolute Gasteiger partial charge is 0.255 e. The van der Waals surface area contributed by atoms with Crippen molar-refractivity contribution in [2.45, 2.75) is 19.5 Å². The van der Waals surface area contributed by atoms with Crippen LogP contribution < -0.4 is 15.0 Å². The van der Waals surface area contributed by atoms with Crippen LogP contribution in [-0.4, -0.2) is 45.6 Å². The van der Waals surface area contributed by atoms with Crippen molar-refractivity contribution in [3.05, 3.63) is 63.1 Å². The molecule has 2 aromatic heterocycles. The van der Waals surface area contributed by atoms with Crippen LogP contribution >= 0.6 is 11.6 Å². The molecule has 0 atom stereocenters. The van der Waals surface area contributed by atoms with E-state index in [1.807, 2.05) is 12.1 Å². The van der Waals surface area contributed by atoms with Crippen molar-refractivity contribution in [1.29, 1.82) is 0 Å². The third kappa shape index (κ3) is 3.94. The first kappa shape index (κ1) is 19.4. The molecule has 3 aromatic rings. The molecule has 8 nitrogen and oxygen atoms in total. The summed E-state index contributed by atoms with van der Waals surface area (Å²) in [5.74, 6) is 1.59. The van der Waals surface area contributed by atoms with Gasteiger partial charge in [0.2, 0.25) is 0 Å². The van der Waals surface area contributed by atoms with Crippen LogP contribution in [0.25, 0.3) is 11.4 Å². The number of ether oxygens (including phenoxy) is 2. The Morgan fingerprint density at radius 1 is 1.21 bits per heavy atom. The highest BCUT2D eigenvalue weighted by Gasteiger charge is 2.22. The zero-order chi connectivity index (χ0) is 20.4. The lowest BCUT2D eigenvalue weighted by Crippen LogP contribution is -2.35. The third-order valence-electron chi connectivity index (χ3n) is 4.88. The lowest BCUT2D eigenvalue weighted by atomic mass is 10.1. The molecule has 1 aliphatic heterocycles. The quantitative estimate of drug-likeness (QED) is 0.686. The molecule has 29 heavy (non-hydrogen) atoms. The van der Waals surface area contributed by atoms with Crippen molar-refractivity contribution in [2.75, 3.05) is 20.8 Å². The molecule has 3 heterocycles. The number of fused-ring (bicyclic) bond motifs is 1. The lowest BCUT2D eigenvalue weighted by molar-refractivity contribution is 0.241. The number of nitrogens with zero attached hydrogens (tertiary/aromatic N) is 4. The lowest BCUT2D eigenvalue weighted by Gasteiger charge is -2.28. The number of benzene rings is 1. The van der Waals surface area contributed by atoms with Gasteiger partial charge in [-0.2, -0.15) is 0 Å². The Balaban J connectivity index is 1.57. The Labute approximate surface area is 172 Å². The zero-order valence-electron chi connectivity index (χ0n) is 16.1. The standard InChI is InChI=1S/C20H20ClN5O3/c1-28-17-6-12(5-15(21)18(17)29-2)9-26-4-3-16-14(10-26)20(27)25-19(24-16)13-7-22-11-23-8-13/h5-8,11H,3-4,9-10H2,1-2H3,(H,24,25,27). The minimum atomic E-state index is -0.135. The van der Waals surface area contributed by atoms with E-state index in [2.05, 4.69) is 24.8 Å². The summed E-state index contributed by atoms with van der Waals surface area (Å²) in [4.78, 5) is 30.3. The van der Waals surface area contributed by atoms with Crippen LogP contribution in [-0.2, 0) is 19.5 Å². The summed E-state index contributed by atoms with van der Waals surface area (Å²) in [6.07, 6.45) is 5.39. The van der Waals surface area contributed by atoms with Crippen LogP contribution in [0.2, 0.25) is 5.02 Å². The van der Waals surface area contributed by atoms with Gasteiger partial charge in [-0.15, -0.1) is 0 Å². The molecule has 1 N–H and O–H groups in total. The number of methoxy groups -OCH3 is 2. The topological polar surface area (TPSA) is 93.2 Å². The number of aromatic nitrogens is 4. The zero-order valence-corrected chi connectivity index (χ0v) is 16.9. The average molecular weight is 414 g/mol. The molecule has 150 valence electrons. The number of halogens is 1. The van der Waals surface area contributed by atoms with E-state index in [1.54, 1.807) is 26.6 Å². The molecule has 0 amide bonds. The first-order chi connectivity index (χ1) is 14.1. The third-order valence-corrected chi connectivity index (χ3v) is 5.16. The van der Waals surface area contributed by atoms with Crippen LogP contribution in [0.5, 0.6) is 11.5 Å². The first-order valence-corrected chi connectivity index (χ1v) is 9.47. The van der Waals surface area contributed by atoms with E-state index < -0.39 is 0 Å². The average Bonchev–Trinajstić information content (AvgIpc) is 2.74. The summed E-state index contributed by atoms with van der Waals surface area (Å²) in [5.41, 5.74) is 3.04. The molecular weight excluding hydrogens is 394 g/mol. The van der Waals surface area contributed by atoms with Crippen molar-refractivity contribution < 1.29 is 9.47 Å². The van der Waals surface area contributed by atoms with Gasteiger partial charge in [-0.05, 0) is 17.7 Å². The van der Waals surface area contributed by atoms with Gasteiger partial charge < -0.3 is 14.5 Å². The highest BCUT2D eigenvalue weighted by atomic mass is 35.5. The molecule has 0 fully saturated rings. The van der Waals surface area contributed by atoms with Crippen LogP contribution in [0.3, 0.4) is 0 Å². The molecular formula is C20H20ClN5O3. The Kier molecular flexibility index (Phi) is 5.46. The summed E-state index contributed by atoms with van der Waals surface area (Å²) in [6.45, 7) is 1.92. The molecule has 9 heteroatoms. The Bertz CT molecular complexity index is 1090. The second-order valence-corrected chi connectivity index (χ2v) is 7.15. The van der Waals surface area contributed by atoms with Crippen LogP contribution in [0.4, 0.5) is 0 Å². The fraction of sp³-hybridized carbons (Fsp3) is 0.300. The van der Waals surface area contributed by atoms with Gasteiger partial charge >= 0.3 is 0 Å². The Morgan fingerprint density at radius 2 is 2.00 bits per heavy atom. The minimum Gasteiger partial charge on any atom is -0.493 e. The van der Waals surface area contributed by atoms with Crippen LogP contribution in [0, 0.1) is 0 Å². The highest BCUT2D eigenvalue weighted by molar-refractivity contribution is 6.32. The summed E-state index contributed by atoms with van der Waals surface area (Å²) in [5, 5.41) is 0.494. The second-order valence-electron chi connectivity index (χ2n) is 6.74. The van der Waals surface area contributed by atoms with Crippen molar-refractivity contribution >= 4 is 11.6 Å². The van der Waals surface area contributed by atoms with Gasteiger partial charge in [0.05, 0.1) is 36.1 Å². The van der Waals surface area contributed by atoms with E-state index in [0.29, 0.717) is 53.0 Å². The molecule has 4 rings (SSSR count). The Hall–Kier alpha value is -2.97. The molecule has 1 aliphatic rings. The van der Waals surface area contributed by atoms with Crippen molar-refractivity contribution in [3.8, 4) is 22.9 Å². The predicted octanol–water partition coefficient (Wildman–Crippen LogP) is 2.46. The molecule has 1 aromatic carbocycles. The van der Waals surface area contributed by atoms with E-state index in [0.717, 1.165) is 17.8 Å². The highest BCUT2D eigenvalue weighted by Crippen LogP contribution is 2.36. The largest absolute Gasteiger partial charge is 0.493 e. The number of hydrogen-bond acceptors (Lipinski definition) is 7. The predicted molar refractivity (Wildman–Crippen MR) is 108 cm³/mol. The number of H-pyrrole nitrogens is 1. The van der Waals surface area contributed by atoms with Gasteiger partial charge in [0.15, 0.2) is 11.5 Å². The van der Waals surface area contributed by atoms with Crippen molar-refractivity contribution in [3.63, 3.8) is 0 Å². The maximum absolute atomic E-state index is 12.7. The van der Waals surface area contributed by atoms with E-state index in [-0.39, 0.29) is 5.56 Å². The summed E-state index contributed by atoms with van der Waals surface area (Å²) >= 11 is 6.31. The first-order valence-electron chi connectivity index (χ1n) is 9.09. The molecule has 0 saturated carbocycles. The van der Waals surface area contributed by atoms with E-state index in [1.165, 1.54) is 6.33 Å². The Morgan fingerprint density at radius 3 is 2.72 bits per heavy atom. The van der Waals surface area contributed by atoms with E-state index in [4.69, 9.17) is 21.1 Å². The molecule has 0 bridgehead atoms. The fourth-order valence-electron chi connectivity index (χ4n) is 3.49. The number of nitrogens with one attached hydrogen (secondary N) is 1. The normalized spacial score (nSPS) is 13.8. The minimum absolute atomic E-state index is 0.135. The van der Waals surface area contributed by atoms with E-state index in [9.17, 15) is 4.79 Å². The summed E-state index contributed by atoms with van der Waals surface area (Å²) < 4.78 is 10.7. The number of rotatable bonds is 5. The molecule has 0 spiro atoms. The van der Waals surface area contributed by atoms with Gasteiger partial charge in [0.25, 0.3) is 5.56 Å². The fourth-order valence-corrected chi connectivity index (χ4v) is 3.81. The van der Waals surface area contributed by atoms with Gasteiger partial charge in [-0.25, -0.2) is 15.0 Å². The summed E-state index contributed by atoms with van der Waals surface area (Å²) in [6, 6.07) is 3.76. The number of aromatic amines is 1. The van der Waals surface area contributed by atoms with Crippen molar-refractivity contribution in [2.24, 2.45) is 0 Å². The van der Waals surface area contributed by atoms with Crippen LogP contribution in [0.1, 0.15) is 16.8 Å². The maximum atomic E-state index is 12.7. The van der Waals surface area contributed by atoms with Crippen LogP contribution in [0.15, 0.2) is 35.6 Å². The van der Waals surface area contributed by atoms with Crippen molar-refractivity contribution in [1.82, 2.24) is 24.8 Å². The van der Waals surface area contributed by atoms with E-state index >= 15 is 0 Å². The monoisotopic (exact) mass is 413 g/mol. The summed E-state index contributed by atoms with van der Waals surface area (Å²) in [7, 11) is 3.13. The van der Waals surface area contributed by atoms with Gasteiger partial charge in [0.1, 0.15) is 12.2 Å².